The van der Waals surface area contributed by atoms with Crippen molar-refractivity contribution in [2.75, 3.05) is 13.1 Å². The van der Waals surface area contributed by atoms with Crippen molar-refractivity contribution in [2.45, 2.75) is 18.3 Å². The lowest BCUT2D eigenvalue weighted by atomic mass is 9.98. The van der Waals surface area contributed by atoms with Gasteiger partial charge in [-0.3, -0.25) is 9.97 Å². The Morgan fingerprint density at radius 1 is 0.941 bits per heavy atom. The first-order valence-electron chi connectivity index (χ1n) is 5.87. The fourth-order valence-electron chi connectivity index (χ4n) is 3.17. The van der Waals surface area contributed by atoms with Crippen LogP contribution in [0.3, 0.4) is 0 Å². The summed E-state index contributed by atoms with van der Waals surface area (Å²) in [6, 6.07) is 4.49. The van der Waals surface area contributed by atoms with Crippen LogP contribution in [0, 0.1) is 0 Å². The molecule has 4 heteroatoms. The standard InChI is InChI=1S/C13H13N3.ClH/c1-2-16-13-5-11-9-3-8(6-14-7-9)10(11)4-12(13)15-1;/h1-2,4-5,8-9,14H,3,6-7H2;1H/t8-,9+;. The summed E-state index contributed by atoms with van der Waals surface area (Å²) in [4.78, 5) is 8.78. The maximum Gasteiger partial charge on any atom is 0.0889 e. The molecule has 17 heavy (non-hydrogen) atoms. The van der Waals surface area contributed by atoms with E-state index in [0.29, 0.717) is 11.8 Å². The number of aromatic nitrogens is 2. The third kappa shape index (κ3) is 1.53. The number of fused-ring (bicyclic) bond motifs is 6. The van der Waals surface area contributed by atoms with E-state index in [1.165, 1.54) is 17.5 Å². The second kappa shape index (κ2) is 3.93. The average Bonchev–Trinajstić information content (AvgIpc) is 2.59. The van der Waals surface area contributed by atoms with Gasteiger partial charge in [-0.1, -0.05) is 0 Å². The molecule has 2 aliphatic rings. The van der Waals surface area contributed by atoms with E-state index in [-0.39, 0.29) is 12.4 Å². The van der Waals surface area contributed by atoms with Gasteiger partial charge in [0.05, 0.1) is 11.0 Å². The lowest BCUT2D eigenvalue weighted by Gasteiger charge is -2.19. The van der Waals surface area contributed by atoms with E-state index in [0.717, 1.165) is 24.1 Å². The highest BCUT2D eigenvalue weighted by Crippen LogP contribution is 2.44. The van der Waals surface area contributed by atoms with Gasteiger partial charge in [-0.15, -0.1) is 12.4 Å². The third-order valence-electron chi connectivity index (χ3n) is 3.90. The number of nitrogens with zero attached hydrogens (tertiary/aromatic N) is 2. The molecule has 3 nitrogen and oxygen atoms in total. The van der Waals surface area contributed by atoms with Crippen molar-refractivity contribution in [1.82, 2.24) is 15.3 Å². The van der Waals surface area contributed by atoms with Crippen molar-refractivity contribution < 1.29 is 0 Å². The molecule has 2 heterocycles. The molecular weight excluding hydrogens is 234 g/mol. The quantitative estimate of drug-likeness (QED) is 0.776. The Morgan fingerprint density at radius 2 is 1.47 bits per heavy atom. The van der Waals surface area contributed by atoms with E-state index in [9.17, 15) is 0 Å². The van der Waals surface area contributed by atoms with E-state index in [2.05, 4.69) is 27.4 Å². The van der Waals surface area contributed by atoms with Gasteiger partial charge in [-0.05, 0) is 41.5 Å². The van der Waals surface area contributed by atoms with Crippen LogP contribution in [-0.2, 0) is 0 Å². The second-order valence-electron chi connectivity index (χ2n) is 4.81. The monoisotopic (exact) mass is 247 g/mol. The molecule has 2 aromatic rings. The Bertz CT molecular complexity index is 521. The molecule has 0 radical (unpaired) electrons. The smallest absolute Gasteiger partial charge is 0.0889 e. The fraction of sp³-hybridized carbons (Fsp3) is 0.385. The van der Waals surface area contributed by atoms with Gasteiger partial charge >= 0.3 is 0 Å². The van der Waals surface area contributed by atoms with Crippen LogP contribution in [0.2, 0.25) is 0 Å². The normalized spacial score (nSPS) is 25.4. The van der Waals surface area contributed by atoms with Crippen LogP contribution in [0.5, 0.6) is 0 Å². The Morgan fingerprint density at radius 3 is 2.00 bits per heavy atom. The van der Waals surface area contributed by atoms with E-state index < -0.39 is 0 Å². The number of benzene rings is 1. The van der Waals surface area contributed by atoms with Gasteiger partial charge in [0.25, 0.3) is 0 Å². The van der Waals surface area contributed by atoms with E-state index in [1.54, 1.807) is 12.4 Å². The molecule has 0 unspecified atom stereocenters. The molecule has 0 spiro atoms. The highest BCUT2D eigenvalue weighted by molar-refractivity contribution is 5.85. The van der Waals surface area contributed by atoms with Crippen LogP contribution >= 0.6 is 12.4 Å². The van der Waals surface area contributed by atoms with Crippen LogP contribution in [0.15, 0.2) is 24.5 Å². The Labute approximate surface area is 106 Å². The summed E-state index contributed by atoms with van der Waals surface area (Å²) in [5.41, 5.74) is 5.08. The van der Waals surface area contributed by atoms with Gasteiger partial charge in [0.15, 0.2) is 0 Å². The van der Waals surface area contributed by atoms with Crippen LogP contribution in [0.4, 0.5) is 0 Å². The summed E-state index contributed by atoms with van der Waals surface area (Å²) in [7, 11) is 0. The molecule has 1 fully saturated rings. The van der Waals surface area contributed by atoms with E-state index in [4.69, 9.17) is 0 Å². The summed E-state index contributed by atoms with van der Waals surface area (Å²) >= 11 is 0. The van der Waals surface area contributed by atoms with Crippen LogP contribution < -0.4 is 5.32 Å². The first-order chi connectivity index (χ1) is 7.92. The molecule has 1 aliphatic heterocycles. The molecule has 1 aromatic heterocycles. The first-order valence-corrected chi connectivity index (χ1v) is 5.87. The lowest BCUT2D eigenvalue weighted by molar-refractivity contribution is 0.454. The maximum absolute atomic E-state index is 4.39. The van der Waals surface area contributed by atoms with Gasteiger partial charge in [0, 0.05) is 25.5 Å². The molecule has 0 amide bonds. The summed E-state index contributed by atoms with van der Waals surface area (Å²) in [5, 5.41) is 3.51. The van der Waals surface area contributed by atoms with E-state index in [1.807, 2.05) is 0 Å². The zero-order valence-corrected chi connectivity index (χ0v) is 10.2. The predicted octanol–water partition coefficient (Wildman–Crippen LogP) is 2.23. The molecule has 2 atom stereocenters. The van der Waals surface area contributed by atoms with Gasteiger partial charge in [0.1, 0.15) is 0 Å². The van der Waals surface area contributed by atoms with Crippen molar-refractivity contribution in [3.8, 4) is 0 Å². The van der Waals surface area contributed by atoms with Gasteiger partial charge < -0.3 is 5.32 Å². The minimum atomic E-state index is 0. The summed E-state index contributed by atoms with van der Waals surface area (Å²) < 4.78 is 0. The molecule has 1 aromatic carbocycles. The van der Waals surface area contributed by atoms with Gasteiger partial charge in [-0.2, -0.15) is 0 Å². The zero-order valence-electron chi connectivity index (χ0n) is 9.39. The van der Waals surface area contributed by atoms with Crippen molar-refractivity contribution in [3.63, 3.8) is 0 Å². The average molecular weight is 248 g/mol. The zero-order chi connectivity index (χ0) is 10.5. The Balaban J connectivity index is 0.000000902. The van der Waals surface area contributed by atoms with Crippen molar-refractivity contribution in [3.05, 3.63) is 35.7 Å². The summed E-state index contributed by atoms with van der Waals surface area (Å²) in [6.07, 6.45) is 4.85. The lowest BCUT2D eigenvalue weighted by Crippen LogP contribution is -2.28. The molecule has 2 bridgehead atoms. The predicted molar refractivity (Wildman–Crippen MR) is 69.8 cm³/mol. The highest BCUT2D eigenvalue weighted by atomic mass is 35.5. The van der Waals surface area contributed by atoms with Gasteiger partial charge in [-0.25, -0.2) is 0 Å². The third-order valence-corrected chi connectivity index (χ3v) is 3.90. The minimum absolute atomic E-state index is 0. The largest absolute Gasteiger partial charge is 0.316 e. The number of hydrogen-bond donors (Lipinski definition) is 1. The Hall–Kier alpha value is -1.19. The molecular formula is C13H14ClN3. The van der Waals surface area contributed by atoms with Gasteiger partial charge in [0.2, 0.25) is 0 Å². The topological polar surface area (TPSA) is 37.8 Å². The number of hydrogen-bond acceptors (Lipinski definition) is 3. The number of rotatable bonds is 0. The number of piperidine rings is 1. The SMILES string of the molecule is Cl.c1cnc2cc3c(cc2n1)[C@@H]1CNC[C@H]3C1. The molecule has 1 N–H and O–H groups in total. The fourth-order valence-corrected chi connectivity index (χ4v) is 3.17. The second-order valence-corrected chi connectivity index (χ2v) is 4.81. The van der Waals surface area contributed by atoms with Crippen LogP contribution in [0.25, 0.3) is 11.0 Å². The molecule has 4 rings (SSSR count). The number of halogens is 1. The van der Waals surface area contributed by atoms with Crippen molar-refractivity contribution >= 4 is 23.4 Å². The molecule has 88 valence electrons. The van der Waals surface area contributed by atoms with Crippen molar-refractivity contribution in [1.29, 1.82) is 0 Å². The van der Waals surface area contributed by atoms with E-state index >= 15 is 0 Å². The molecule has 0 saturated carbocycles. The summed E-state index contributed by atoms with van der Waals surface area (Å²) in [5.74, 6) is 1.39. The minimum Gasteiger partial charge on any atom is -0.316 e. The first kappa shape index (κ1) is 10.9. The van der Waals surface area contributed by atoms with Crippen LogP contribution in [0.1, 0.15) is 29.4 Å². The molecule has 1 saturated heterocycles. The highest BCUT2D eigenvalue weighted by Gasteiger charge is 2.34. The summed E-state index contributed by atoms with van der Waals surface area (Å²) in [6.45, 7) is 2.24. The number of nitrogens with one attached hydrogen (secondary N) is 1. The Kier molecular flexibility index (Phi) is 2.53. The van der Waals surface area contributed by atoms with Crippen LogP contribution in [-0.4, -0.2) is 23.1 Å². The molecule has 1 aliphatic carbocycles. The maximum atomic E-state index is 4.39. The van der Waals surface area contributed by atoms with Crippen molar-refractivity contribution in [2.24, 2.45) is 0 Å².